The highest BCUT2D eigenvalue weighted by molar-refractivity contribution is 6.42. The van der Waals surface area contributed by atoms with Crippen molar-refractivity contribution in [3.05, 3.63) is 33.8 Å². The molecule has 0 radical (unpaired) electrons. The summed E-state index contributed by atoms with van der Waals surface area (Å²) in [5, 5.41) is 1.00. The molecule has 1 aromatic rings. The highest BCUT2D eigenvalue weighted by Crippen LogP contribution is 2.25. The van der Waals surface area contributed by atoms with Crippen molar-refractivity contribution in [2.45, 2.75) is 44.6 Å². The van der Waals surface area contributed by atoms with E-state index in [-0.39, 0.29) is 5.91 Å². The maximum Gasteiger partial charge on any atom is 0.227 e. The minimum atomic E-state index is 0.126. The van der Waals surface area contributed by atoms with Crippen LogP contribution >= 0.6 is 34.8 Å². The molecule has 0 aromatic heterocycles. The number of carbonyl (C=O) groups is 1. The molecule has 0 spiro atoms. The van der Waals surface area contributed by atoms with Gasteiger partial charge in [-0.05, 0) is 30.5 Å². The van der Waals surface area contributed by atoms with Gasteiger partial charge in [-0.2, -0.15) is 0 Å². The summed E-state index contributed by atoms with van der Waals surface area (Å²) in [6.45, 7) is 0.617. The van der Waals surface area contributed by atoms with Crippen LogP contribution in [0.1, 0.15) is 37.7 Å². The third-order valence-electron chi connectivity index (χ3n) is 4.00. The highest BCUT2D eigenvalue weighted by Gasteiger charge is 2.24. The Morgan fingerprint density at radius 3 is 2.48 bits per heavy atom. The first-order chi connectivity index (χ1) is 10.1. The van der Waals surface area contributed by atoms with Gasteiger partial charge in [0.15, 0.2) is 0 Å². The lowest BCUT2D eigenvalue weighted by Crippen LogP contribution is -2.43. The van der Waals surface area contributed by atoms with Gasteiger partial charge in [0.2, 0.25) is 5.91 Å². The number of nitrogens with zero attached hydrogens (tertiary/aromatic N) is 1. The molecule has 0 heterocycles. The minimum Gasteiger partial charge on any atom is -0.338 e. The van der Waals surface area contributed by atoms with Gasteiger partial charge in [0.25, 0.3) is 0 Å². The molecule has 21 heavy (non-hydrogen) atoms. The maximum absolute atomic E-state index is 12.6. The summed E-state index contributed by atoms with van der Waals surface area (Å²) in [5.74, 6) is 0.602. The Hall–Kier alpha value is -0.440. The number of hydrogen-bond acceptors (Lipinski definition) is 1. The fourth-order valence-corrected chi connectivity index (χ4v) is 3.42. The SMILES string of the molecule is O=C(Cc1ccc(Cl)c(Cl)c1)N(CCCl)C1CCCCC1. The van der Waals surface area contributed by atoms with Crippen molar-refractivity contribution in [1.82, 2.24) is 4.90 Å². The second-order valence-electron chi connectivity index (χ2n) is 5.49. The molecule has 2 rings (SSSR count). The Morgan fingerprint density at radius 2 is 1.86 bits per heavy atom. The summed E-state index contributed by atoms with van der Waals surface area (Å²) < 4.78 is 0. The summed E-state index contributed by atoms with van der Waals surface area (Å²) in [6.07, 6.45) is 6.19. The van der Waals surface area contributed by atoms with Crippen LogP contribution in [0.2, 0.25) is 10.0 Å². The predicted molar refractivity (Wildman–Crippen MR) is 89.5 cm³/mol. The first-order valence-electron chi connectivity index (χ1n) is 7.41. The molecule has 0 bridgehead atoms. The predicted octanol–water partition coefficient (Wildman–Crippen LogP) is 4.94. The second-order valence-corrected chi connectivity index (χ2v) is 6.69. The zero-order valence-corrected chi connectivity index (χ0v) is 14.2. The van der Waals surface area contributed by atoms with Crippen molar-refractivity contribution in [1.29, 1.82) is 0 Å². The second kappa shape index (κ2) is 8.26. The monoisotopic (exact) mass is 347 g/mol. The first kappa shape index (κ1) is 16.9. The van der Waals surface area contributed by atoms with Gasteiger partial charge >= 0.3 is 0 Å². The minimum absolute atomic E-state index is 0.126. The number of carbonyl (C=O) groups excluding carboxylic acids is 1. The van der Waals surface area contributed by atoms with E-state index in [0.29, 0.717) is 34.9 Å². The van der Waals surface area contributed by atoms with Crippen LogP contribution in [0.15, 0.2) is 18.2 Å². The quantitative estimate of drug-likeness (QED) is 0.690. The maximum atomic E-state index is 12.6. The summed E-state index contributed by atoms with van der Waals surface area (Å²) in [4.78, 5) is 14.5. The zero-order valence-electron chi connectivity index (χ0n) is 12.0. The average molecular weight is 349 g/mol. The summed E-state index contributed by atoms with van der Waals surface area (Å²) >= 11 is 17.8. The lowest BCUT2D eigenvalue weighted by molar-refractivity contribution is -0.133. The molecule has 1 aromatic carbocycles. The van der Waals surface area contributed by atoms with Crippen LogP contribution in [0, 0.1) is 0 Å². The normalized spacial score (nSPS) is 16.0. The Morgan fingerprint density at radius 1 is 1.14 bits per heavy atom. The van der Waals surface area contributed by atoms with Gasteiger partial charge in [-0.1, -0.05) is 48.5 Å². The molecule has 5 heteroatoms. The third kappa shape index (κ3) is 4.77. The van der Waals surface area contributed by atoms with Gasteiger partial charge < -0.3 is 4.90 Å². The van der Waals surface area contributed by atoms with Crippen molar-refractivity contribution in [2.24, 2.45) is 0 Å². The molecule has 1 aliphatic rings. The van der Waals surface area contributed by atoms with Gasteiger partial charge in [-0.15, -0.1) is 11.6 Å². The summed E-state index contributed by atoms with van der Waals surface area (Å²) in [7, 11) is 0. The van der Waals surface area contributed by atoms with E-state index in [9.17, 15) is 4.79 Å². The van der Waals surface area contributed by atoms with E-state index >= 15 is 0 Å². The molecule has 1 saturated carbocycles. The molecule has 2 nitrogen and oxygen atoms in total. The van der Waals surface area contributed by atoms with Crippen molar-refractivity contribution in [3.8, 4) is 0 Å². The van der Waals surface area contributed by atoms with E-state index in [0.717, 1.165) is 18.4 Å². The van der Waals surface area contributed by atoms with Crippen LogP contribution in [0.4, 0.5) is 0 Å². The number of hydrogen-bond donors (Lipinski definition) is 0. The number of benzene rings is 1. The third-order valence-corrected chi connectivity index (χ3v) is 4.91. The summed E-state index contributed by atoms with van der Waals surface area (Å²) in [6, 6.07) is 5.69. The van der Waals surface area contributed by atoms with Gasteiger partial charge in [-0.3, -0.25) is 4.79 Å². The Bertz CT molecular complexity index is 486. The molecular formula is C16H20Cl3NO. The molecule has 1 amide bonds. The molecular weight excluding hydrogens is 329 g/mol. The number of amides is 1. The summed E-state index contributed by atoms with van der Waals surface area (Å²) in [5.41, 5.74) is 0.893. The Labute approximate surface area is 141 Å². The van der Waals surface area contributed by atoms with E-state index in [2.05, 4.69) is 0 Å². The average Bonchev–Trinajstić information content (AvgIpc) is 2.49. The van der Waals surface area contributed by atoms with Gasteiger partial charge in [0, 0.05) is 18.5 Å². The van der Waals surface area contributed by atoms with Crippen molar-refractivity contribution in [2.75, 3.05) is 12.4 Å². The van der Waals surface area contributed by atoms with Crippen LogP contribution in [0.5, 0.6) is 0 Å². The van der Waals surface area contributed by atoms with Gasteiger partial charge in [0.05, 0.1) is 16.5 Å². The van der Waals surface area contributed by atoms with E-state index in [1.807, 2.05) is 11.0 Å². The van der Waals surface area contributed by atoms with Crippen LogP contribution in [-0.4, -0.2) is 29.3 Å². The van der Waals surface area contributed by atoms with Crippen molar-refractivity contribution < 1.29 is 4.79 Å². The highest BCUT2D eigenvalue weighted by atomic mass is 35.5. The molecule has 0 saturated heterocycles. The first-order valence-corrected chi connectivity index (χ1v) is 8.70. The molecule has 0 aliphatic heterocycles. The fraction of sp³-hybridized carbons (Fsp3) is 0.562. The topological polar surface area (TPSA) is 20.3 Å². The fourth-order valence-electron chi connectivity index (χ4n) is 2.92. The van der Waals surface area contributed by atoms with Crippen LogP contribution in [-0.2, 0) is 11.2 Å². The van der Waals surface area contributed by atoms with Crippen molar-refractivity contribution >= 4 is 40.7 Å². The van der Waals surface area contributed by atoms with E-state index in [1.54, 1.807) is 12.1 Å². The van der Waals surface area contributed by atoms with E-state index < -0.39 is 0 Å². The van der Waals surface area contributed by atoms with Crippen molar-refractivity contribution in [3.63, 3.8) is 0 Å². The van der Waals surface area contributed by atoms with Gasteiger partial charge in [0.1, 0.15) is 0 Å². The smallest absolute Gasteiger partial charge is 0.227 e. The van der Waals surface area contributed by atoms with Gasteiger partial charge in [-0.25, -0.2) is 0 Å². The molecule has 116 valence electrons. The standard InChI is InChI=1S/C16H20Cl3NO/c17-8-9-20(13-4-2-1-3-5-13)16(21)11-12-6-7-14(18)15(19)10-12/h6-7,10,13H,1-5,8-9,11H2. The molecule has 1 aliphatic carbocycles. The lowest BCUT2D eigenvalue weighted by Gasteiger charge is -2.34. The molecule has 0 N–H and O–H groups in total. The lowest BCUT2D eigenvalue weighted by atomic mass is 9.93. The Kier molecular flexibility index (Phi) is 6.66. The molecule has 0 unspecified atom stereocenters. The van der Waals surface area contributed by atoms with Crippen LogP contribution in [0.3, 0.4) is 0 Å². The molecule has 1 fully saturated rings. The zero-order chi connectivity index (χ0) is 15.2. The molecule has 0 atom stereocenters. The van der Waals surface area contributed by atoms with E-state index in [4.69, 9.17) is 34.8 Å². The Balaban J connectivity index is 2.05. The van der Waals surface area contributed by atoms with Crippen LogP contribution < -0.4 is 0 Å². The number of alkyl halides is 1. The van der Waals surface area contributed by atoms with Crippen LogP contribution in [0.25, 0.3) is 0 Å². The number of rotatable bonds is 5. The largest absolute Gasteiger partial charge is 0.338 e. The van der Waals surface area contributed by atoms with E-state index in [1.165, 1.54) is 19.3 Å². The number of halogens is 3.